The second kappa shape index (κ2) is 11.1. The fourth-order valence-electron chi connectivity index (χ4n) is 4.56. The second-order valence-corrected chi connectivity index (χ2v) is 8.48. The molecule has 0 spiro atoms. The van der Waals surface area contributed by atoms with Crippen molar-refractivity contribution in [3.8, 4) is 5.75 Å². The van der Waals surface area contributed by atoms with Crippen LogP contribution in [0.2, 0.25) is 0 Å². The number of fused-ring (bicyclic) bond motifs is 1. The first kappa shape index (κ1) is 21.6. The average molecular weight is 418 g/mol. The molecule has 0 atom stereocenters. The van der Waals surface area contributed by atoms with Crippen molar-refractivity contribution >= 4 is 11.0 Å². The van der Waals surface area contributed by atoms with Crippen LogP contribution in [0.3, 0.4) is 0 Å². The van der Waals surface area contributed by atoms with Crippen LogP contribution in [0.15, 0.2) is 61.2 Å². The summed E-state index contributed by atoms with van der Waals surface area (Å²) in [6.45, 7) is 9.32. The third kappa shape index (κ3) is 5.76. The zero-order chi connectivity index (χ0) is 21.3. The number of aryl methyl sites for hydroxylation is 2. The van der Waals surface area contributed by atoms with Gasteiger partial charge in [-0.2, -0.15) is 0 Å². The highest BCUT2D eigenvalue weighted by Gasteiger charge is 2.13. The van der Waals surface area contributed by atoms with E-state index in [4.69, 9.17) is 9.72 Å². The van der Waals surface area contributed by atoms with Gasteiger partial charge in [0.05, 0.1) is 17.6 Å². The molecule has 0 radical (unpaired) electrons. The summed E-state index contributed by atoms with van der Waals surface area (Å²) in [4.78, 5) is 7.55. The number of unbranched alkanes of at least 4 members (excludes halogenated alkanes) is 1. The summed E-state index contributed by atoms with van der Waals surface area (Å²) in [5.41, 5.74) is 3.59. The van der Waals surface area contributed by atoms with Crippen LogP contribution in [0.1, 0.15) is 43.5 Å². The Labute approximate surface area is 186 Å². The molecule has 0 amide bonds. The molecule has 1 fully saturated rings. The van der Waals surface area contributed by atoms with E-state index in [0.29, 0.717) is 0 Å². The summed E-state index contributed by atoms with van der Waals surface area (Å²) >= 11 is 0. The van der Waals surface area contributed by atoms with E-state index in [1.165, 1.54) is 55.8 Å². The third-order valence-electron chi connectivity index (χ3n) is 6.18. The van der Waals surface area contributed by atoms with Crippen molar-refractivity contribution in [1.82, 2.24) is 14.5 Å². The van der Waals surface area contributed by atoms with Crippen molar-refractivity contribution in [3.63, 3.8) is 0 Å². The number of nitrogens with zero attached hydrogens (tertiary/aromatic N) is 3. The van der Waals surface area contributed by atoms with Crippen LogP contribution in [0, 0.1) is 0 Å². The predicted molar refractivity (Wildman–Crippen MR) is 129 cm³/mol. The van der Waals surface area contributed by atoms with Crippen LogP contribution in [0.5, 0.6) is 5.75 Å². The molecule has 1 saturated heterocycles. The molecule has 4 nitrogen and oxygen atoms in total. The molecule has 1 aliphatic heterocycles. The highest BCUT2D eigenvalue weighted by atomic mass is 16.5. The summed E-state index contributed by atoms with van der Waals surface area (Å²) in [5, 5.41) is 0. The minimum atomic E-state index is 0.741. The summed E-state index contributed by atoms with van der Waals surface area (Å²) in [6, 6.07) is 16.8. The maximum Gasteiger partial charge on any atom is 0.122 e. The van der Waals surface area contributed by atoms with Gasteiger partial charge in [0.2, 0.25) is 0 Å². The predicted octanol–water partition coefficient (Wildman–Crippen LogP) is 5.65. The summed E-state index contributed by atoms with van der Waals surface area (Å²) in [5.74, 6) is 2.22. The second-order valence-electron chi connectivity index (χ2n) is 8.48. The summed E-state index contributed by atoms with van der Waals surface area (Å²) in [6.07, 6.45) is 9.85. The molecule has 0 saturated carbocycles. The Kier molecular flexibility index (Phi) is 7.78. The largest absolute Gasteiger partial charge is 0.493 e. The van der Waals surface area contributed by atoms with Gasteiger partial charge in [0, 0.05) is 13.0 Å². The molecule has 3 aromatic rings. The summed E-state index contributed by atoms with van der Waals surface area (Å²) < 4.78 is 8.51. The molecule has 1 aromatic heterocycles. The number of likely N-dealkylation sites (tertiary alicyclic amines) is 1. The van der Waals surface area contributed by atoms with E-state index in [-0.39, 0.29) is 0 Å². The lowest BCUT2D eigenvalue weighted by Gasteiger charge is -2.15. The summed E-state index contributed by atoms with van der Waals surface area (Å²) in [7, 11) is 0. The molecule has 0 N–H and O–H groups in total. The lowest BCUT2D eigenvalue weighted by atomic mass is 10.1. The Morgan fingerprint density at radius 1 is 0.935 bits per heavy atom. The van der Waals surface area contributed by atoms with E-state index in [1.807, 2.05) is 12.1 Å². The third-order valence-corrected chi connectivity index (χ3v) is 6.18. The van der Waals surface area contributed by atoms with Gasteiger partial charge in [-0.05, 0) is 81.9 Å². The number of allylic oxidation sites excluding steroid dienone is 1. The van der Waals surface area contributed by atoms with Gasteiger partial charge in [0.1, 0.15) is 11.6 Å². The average Bonchev–Trinajstić information content (AvgIpc) is 3.43. The van der Waals surface area contributed by atoms with Crippen LogP contribution in [0.4, 0.5) is 0 Å². The number of rotatable bonds is 12. The number of hydrogen-bond donors (Lipinski definition) is 0. The van der Waals surface area contributed by atoms with E-state index in [2.05, 4.69) is 58.5 Å². The number of benzene rings is 2. The van der Waals surface area contributed by atoms with Crippen molar-refractivity contribution in [2.24, 2.45) is 0 Å². The zero-order valence-electron chi connectivity index (χ0n) is 18.6. The fourth-order valence-corrected chi connectivity index (χ4v) is 4.56. The Morgan fingerprint density at radius 3 is 2.61 bits per heavy atom. The van der Waals surface area contributed by atoms with Crippen molar-refractivity contribution in [2.45, 2.75) is 51.5 Å². The van der Waals surface area contributed by atoms with Crippen LogP contribution in [-0.2, 0) is 19.4 Å². The number of para-hydroxylation sites is 3. The van der Waals surface area contributed by atoms with Gasteiger partial charge in [-0.15, -0.1) is 6.58 Å². The number of ether oxygens (including phenoxy) is 1. The topological polar surface area (TPSA) is 30.3 Å². The first-order valence-corrected chi connectivity index (χ1v) is 11.8. The lowest BCUT2D eigenvalue weighted by Crippen LogP contribution is -2.21. The maximum atomic E-state index is 6.07. The smallest absolute Gasteiger partial charge is 0.122 e. The molecule has 164 valence electrons. The zero-order valence-corrected chi connectivity index (χ0v) is 18.6. The molecule has 0 bridgehead atoms. The SMILES string of the molecule is C=CCc1ccccc1OCCCCn1c(CCCN2CCCC2)nc2ccccc21. The number of imidazole rings is 1. The maximum absolute atomic E-state index is 6.07. The van der Waals surface area contributed by atoms with E-state index >= 15 is 0 Å². The normalized spacial score (nSPS) is 14.3. The molecule has 4 heteroatoms. The van der Waals surface area contributed by atoms with Crippen LogP contribution >= 0.6 is 0 Å². The van der Waals surface area contributed by atoms with Gasteiger partial charge in [-0.1, -0.05) is 36.4 Å². The van der Waals surface area contributed by atoms with Gasteiger partial charge in [0.25, 0.3) is 0 Å². The monoisotopic (exact) mass is 417 g/mol. The minimum Gasteiger partial charge on any atom is -0.493 e. The molecule has 1 aliphatic rings. The van der Waals surface area contributed by atoms with Gasteiger partial charge < -0.3 is 14.2 Å². The van der Waals surface area contributed by atoms with E-state index in [9.17, 15) is 0 Å². The Bertz CT molecular complexity index is 972. The molecule has 2 aromatic carbocycles. The molecular weight excluding hydrogens is 382 g/mol. The van der Waals surface area contributed by atoms with E-state index in [1.54, 1.807) is 0 Å². The van der Waals surface area contributed by atoms with Crippen LogP contribution < -0.4 is 4.74 Å². The Hall–Kier alpha value is -2.59. The molecular formula is C27H35N3O. The first-order chi connectivity index (χ1) is 15.3. The lowest BCUT2D eigenvalue weighted by molar-refractivity contribution is 0.300. The van der Waals surface area contributed by atoms with E-state index < -0.39 is 0 Å². The van der Waals surface area contributed by atoms with Crippen molar-refractivity contribution in [2.75, 3.05) is 26.2 Å². The Balaban J connectivity index is 1.31. The van der Waals surface area contributed by atoms with Gasteiger partial charge >= 0.3 is 0 Å². The highest BCUT2D eigenvalue weighted by molar-refractivity contribution is 5.75. The number of aromatic nitrogens is 2. The molecule has 31 heavy (non-hydrogen) atoms. The molecule has 2 heterocycles. The highest BCUT2D eigenvalue weighted by Crippen LogP contribution is 2.21. The van der Waals surface area contributed by atoms with Crippen LogP contribution in [-0.4, -0.2) is 40.7 Å². The van der Waals surface area contributed by atoms with E-state index in [0.717, 1.165) is 50.1 Å². The van der Waals surface area contributed by atoms with Crippen LogP contribution in [0.25, 0.3) is 11.0 Å². The first-order valence-electron chi connectivity index (χ1n) is 11.8. The standard InChI is InChI=1S/C27H35N3O/c1-2-12-23-13-3-6-16-26(23)31-22-10-9-21-30-25-15-5-4-14-24(25)28-27(30)17-11-20-29-18-7-8-19-29/h2-6,13-16H,1,7-12,17-22H2. The molecule has 0 unspecified atom stereocenters. The van der Waals surface area contributed by atoms with Gasteiger partial charge in [-0.25, -0.2) is 4.98 Å². The fraction of sp³-hybridized carbons (Fsp3) is 0.444. The van der Waals surface area contributed by atoms with Crippen molar-refractivity contribution in [3.05, 3.63) is 72.6 Å². The minimum absolute atomic E-state index is 0.741. The van der Waals surface area contributed by atoms with Crippen molar-refractivity contribution in [1.29, 1.82) is 0 Å². The molecule has 4 rings (SSSR count). The van der Waals surface area contributed by atoms with Gasteiger partial charge in [0.15, 0.2) is 0 Å². The number of hydrogen-bond acceptors (Lipinski definition) is 3. The van der Waals surface area contributed by atoms with Gasteiger partial charge in [-0.3, -0.25) is 0 Å². The Morgan fingerprint density at radius 2 is 1.74 bits per heavy atom. The quantitative estimate of drug-likeness (QED) is 0.282. The van der Waals surface area contributed by atoms with Crippen molar-refractivity contribution < 1.29 is 4.74 Å². The molecule has 0 aliphatic carbocycles.